The number of benzene rings is 1. The molecule has 6 rings (SSSR count). The number of halogens is 1. The Kier molecular flexibility index (Phi) is 6.92. The molecule has 2 atom stereocenters. The SMILES string of the molecule is C[C@@H]1OCC2(CCN(c3cnc(Sc4ccc5ncn(Cc6ccc(N)nc6)c(=O)c5c4Cl)cn3)CC2)[C@@H]1N. The number of fused-ring (bicyclic) bond motifs is 1. The molecule has 1 aromatic carbocycles. The quantitative estimate of drug-likeness (QED) is 0.371. The van der Waals surface area contributed by atoms with E-state index < -0.39 is 0 Å². The first kappa shape index (κ1) is 26.0. The molecular formula is C27H29ClN8O2S. The molecule has 10 nitrogen and oxygen atoms in total. The Labute approximate surface area is 234 Å². The summed E-state index contributed by atoms with van der Waals surface area (Å²) in [5.74, 6) is 1.26. The Morgan fingerprint density at radius 1 is 1.10 bits per heavy atom. The predicted octanol–water partition coefficient (Wildman–Crippen LogP) is 3.35. The zero-order valence-corrected chi connectivity index (χ0v) is 23.0. The predicted molar refractivity (Wildman–Crippen MR) is 152 cm³/mol. The zero-order chi connectivity index (χ0) is 27.1. The highest BCUT2D eigenvalue weighted by Gasteiger charge is 2.47. The van der Waals surface area contributed by atoms with Crippen LogP contribution in [0.15, 0.2) is 63.9 Å². The van der Waals surface area contributed by atoms with E-state index in [1.165, 1.54) is 22.7 Å². The maximum absolute atomic E-state index is 13.3. The van der Waals surface area contributed by atoms with E-state index in [1.807, 2.05) is 12.1 Å². The van der Waals surface area contributed by atoms with E-state index >= 15 is 0 Å². The number of nitrogens with two attached hydrogens (primary N) is 2. The van der Waals surface area contributed by atoms with Crippen molar-refractivity contribution in [2.24, 2.45) is 11.1 Å². The Hall–Kier alpha value is -3.25. The summed E-state index contributed by atoms with van der Waals surface area (Å²) in [5, 5.41) is 1.39. The van der Waals surface area contributed by atoms with Crippen molar-refractivity contribution in [3.8, 4) is 0 Å². The lowest BCUT2D eigenvalue weighted by atomic mass is 9.73. The molecule has 2 aliphatic rings. The standard InChI is InChI=1S/C27H29ClN8O2S/c1-16-25(30)27(14-38-16)6-8-35(9-7-27)21-11-33-22(12-32-21)39-19-4-3-18-23(24(19)28)26(37)36(15-34-18)13-17-2-5-20(29)31-10-17/h2-5,10-12,15-16,25H,6-9,13-14,30H2,1H3,(H2,29,31)/t16-,25+/m0/s1. The topological polar surface area (TPSA) is 138 Å². The summed E-state index contributed by atoms with van der Waals surface area (Å²) in [6, 6.07) is 7.25. The van der Waals surface area contributed by atoms with Crippen LogP contribution >= 0.6 is 23.4 Å². The minimum Gasteiger partial charge on any atom is -0.384 e. The van der Waals surface area contributed by atoms with Crippen molar-refractivity contribution in [2.75, 3.05) is 30.3 Å². The van der Waals surface area contributed by atoms with E-state index in [2.05, 4.69) is 31.8 Å². The maximum atomic E-state index is 13.3. The van der Waals surface area contributed by atoms with E-state index in [1.54, 1.807) is 30.7 Å². The monoisotopic (exact) mass is 564 g/mol. The van der Waals surface area contributed by atoms with Crippen molar-refractivity contribution in [2.45, 2.75) is 48.4 Å². The van der Waals surface area contributed by atoms with Gasteiger partial charge in [-0.1, -0.05) is 29.4 Å². The van der Waals surface area contributed by atoms with Gasteiger partial charge in [-0.05, 0) is 43.5 Å². The van der Waals surface area contributed by atoms with E-state index in [9.17, 15) is 4.79 Å². The molecule has 3 aromatic heterocycles. The van der Waals surface area contributed by atoms with Crippen molar-refractivity contribution in [1.29, 1.82) is 0 Å². The molecule has 12 heteroatoms. The molecule has 2 aliphatic heterocycles. The average Bonchev–Trinajstić information content (AvgIpc) is 3.22. The zero-order valence-electron chi connectivity index (χ0n) is 21.5. The van der Waals surface area contributed by atoms with Crippen LogP contribution in [-0.4, -0.2) is 56.3 Å². The van der Waals surface area contributed by atoms with Gasteiger partial charge in [-0.25, -0.2) is 19.9 Å². The highest BCUT2D eigenvalue weighted by molar-refractivity contribution is 7.99. The number of rotatable bonds is 5. The lowest BCUT2D eigenvalue weighted by molar-refractivity contribution is 0.0974. The Balaban J connectivity index is 1.18. The van der Waals surface area contributed by atoms with E-state index in [0.29, 0.717) is 38.2 Å². The third-order valence-electron chi connectivity index (χ3n) is 7.85. The normalized spacial score (nSPS) is 20.6. The number of piperidine rings is 1. The minimum atomic E-state index is -0.227. The number of anilines is 2. The summed E-state index contributed by atoms with van der Waals surface area (Å²) in [4.78, 5) is 34.1. The second-order valence-corrected chi connectivity index (χ2v) is 11.7. The van der Waals surface area contributed by atoms with Crippen LogP contribution in [0.1, 0.15) is 25.3 Å². The molecule has 4 N–H and O–H groups in total. The lowest BCUT2D eigenvalue weighted by Gasteiger charge is -2.41. The van der Waals surface area contributed by atoms with Gasteiger partial charge in [0.05, 0.1) is 53.9 Å². The highest BCUT2D eigenvalue weighted by Crippen LogP contribution is 2.42. The van der Waals surface area contributed by atoms with Crippen molar-refractivity contribution in [1.82, 2.24) is 24.5 Å². The van der Waals surface area contributed by atoms with Crippen LogP contribution in [-0.2, 0) is 11.3 Å². The van der Waals surface area contributed by atoms with Crippen LogP contribution in [0.2, 0.25) is 5.02 Å². The van der Waals surface area contributed by atoms with Crippen molar-refractivity contribution in [3.63, 3.8) is 0 Å². The van der Waals surface area contributed by atoms with Gasteiger partial charge in [0.2, 0.25) is 0 Å². The smallest absolute Gasteiger partial charge is 0.263 e. The Morgan fingerprint density at radius 3 is 2.59 bits per heavy atom. The Bertz CT molecular complexity index is 1560. The summed E-state index contributed by atoms with van der Waals surface area (Å²) >= 11 is 8.11. The van der Waals surface area contributed by atoms with Gasteiger partial charge >= 0.3 is 0 Å². The van der Waals surface area contributed by atoms with Crippen LogP contribution in [0, 0.1) is 5.41 Å². The fourth-order valence-electron chi connectivity index (χ4n) is 5.40. The van der Waals surface area contributed by atoms with E-state index in [0.717, 1.165) is 43.9 Å². The summed E-state index contributed by atoms with van der Waals surface area (Å²) in [6.07, 6.45) is 8.75. The molecule has 4 aromatic rings. The number of ether oxygens (including phenoxy) is 1. The van der Waals surface area contributed by atoms with Gasteiger partial charge in [-0.2, -0.15) is 0 Å². The van der Waals surface area contributed by atoms with Crippen LogP contribution < -0.4 is 21.9 Å². The number of nitrogen functional groups attached to an aromatic ring is 1. The number of pyridine rings is 1. The molecule has 0 amide bonds. The van der Waals surface area contributed by atoms with Gasteiger partial charge < -0.3 is 21.1 Å². The van der Waals surface area contributed by atoms with Gasteiger partial charge in [0, 0.05) is 35.6 Å². The number of hydrogen-bond donors (Lipinski definition) is 2. The van der Waals surface area contributed by atoms with Crippen molar-refractivity contribution < 1.29 is 4.74 Å². The number of aromatic nitrogens is 5. The van der Waals surface area contributed by atoms with E-state index in [-0.39, 0.29) is 23.1 Å². The van der Waals surface area contributed by atoms with Crippen LogP contribution in [0.4, 0.5) is 11.6 Å². The minimum absolute atomic E-state index is 0.0609. The summed E-state index contributed by atoms with van der Waals surface area (Å²) in [7, 11) is 0. The first-order valence-electron chi connectivity index (χ1n) is 12.8. The largest absolute Gasteiger partial charge is 0.384 e. The summed E-state index contributed by atoms with van der Waals surface area (Å²) < 4.78 is 7.35. The molecule has 2 fully saturated rings. The van der Waals surface area contributed by atoms with Gasteiger partial charge in [0.15, 0.2) is 0 Å². The molecule has 2 saturated heterocycles. The third kappa shape index (κ3) is 4.95. The molecule has 0 aliphatic carbocycles. The second kappa shape index (κ2) is 10.4. The third-order valence-corrected chi connectivity index (χ3v) is 9.34. The number of hydrogen-bond acceptors (Lipinski definition) is 10. The number of nitrogens with zero attached hydrogens (tertiary/aromatic N) is 6. The molecule has 1 spiro atoms. The van der Waals surface area contributed by atoms with Gasteiger partial charge in [-0.3, -0.25) is 9.36 Å². The van der Waals surface area contributed by atoms with Crippen LogP contribution in [0.3, 0.4) is 0 Å². The van der Waals surface area contributed by atoms with Gasteiger partial charge in [0.25, 0.3) is 5.56 Å². The summed E-state index contributed by atoms with van der Waals surface area (Å²) in [6.45, 7) is 4.84. The summed E-state index contributed by atoms with van der Waals surface area (Å²) in [5.41, 5.74) is 13.3. The average molecular weight is 565 g/mol. The molecule has 202 valence electrons. The molecule has 39 heavy (non-hydrogen) atoms. The molecule has 0 saturated carbocycles. The Morgan fingerprint density at radius 2 is 1.92 bits per heavy atom. The van der Waals surface area contributed by atoms with Gasteiger partial charge in [0.1, 0.15) is 16.7 Å². The molecule has 0 radical (unpaired) electrons. The van der Waals surface area contributed by atoms with Gasteiger partial charge in [-0.15, -0.1) is 0 Å². The first-order valence-corrected chi connectivity index (χ1v) is 14.0. The fraction of sp³-hybridized carbons (Fsp3) is 0.370. The maximum Gasteiger partial charge on any atom is 0.263 e. The van der Waals surface area contributed by atoms with Crippen molar-refractivity contribution in [3.05, 3.63) is 70.1 Å². The highest BCUT2D eigenvalue weighted by atomic mass is 35.5. The molecular weight excluding hydrogens is 536 g/mol. The fourth-order valence-corrected chi connectivity index (χ4v) is 6.52. The lowest BCUT2D eigenvalue weighted by Crippen LogP contribution is -2.50. The molecule has 5 heterocycles. The molecule has 0 bridgehead atoms. The van der Waals surface area contributed by atoms with Crippen LogP contribution in [0.5, 0.6) is 0 Å². The van der Waals surface area contributed by atoms with Crippen LogP contribution in [0.25, 0.3) is 10.9 Å². The second-order valence-electron chi connectivity index (χ2n) is 10.2. The molecule has 0 unspecified atom stereocenters. The first-order chi connectivity index (χ1) is 18.8. The van der Waals surface area contributed by atoms with E-state index in [4.69, 9.17) is 27.8 Å². The van der Waals surface area contributed by atoms with Crippen molar-refractivity contribution >= 4 is 45.9 Å².